The van der Waals surface area contributed by atoms with E-state index in [-0.39, 0.29) is 62.9 Å². The number of likely N-dealkylation sites (tertiary alicyclic amines) is 2. The summed E-state index contributed by atoms with van der Waals surface area (Å²) in [5.74, 6) is 0.0697. The van der Waals surface area contributed by atoms with Crippen LogP contribution in [-0.2, 0) is 18.9 Å². The molecule has 348 valence electrons. The topological polar surface area (TPSA) is 190 Å². The third-order valence-electron chi connectivity index (χ3n) is 11.5. The molecule has 14 nitrogen and oxygen atoms in total. The van der Waals surface area contributed by atoms with Gasteiger partial charge in [-0.1, -0.05) is 97.1 Å². The van der Waals surface area contributed by atoms with E-state index in [0.29, 0.717) is 19.4 Å². The number of benzene rings is 4. The summed E-state index contributed by atoms with van der Waals surface area (Å²) in [5, 5.41) is 21.6. The molecule has 3 amide bonds. The number of hydrogen-bond acceptors (Lipinski definition) is 11. The van der Waals surface area contributed by atoms with Crippen LogP contribution in [0.5, 0.6) is 0 Å². The van der Waals surface area contributed by atoms with Crippen molar-refractivity contribution < 1.29 is 48.3 Å². The van der Waals surface area contributed by atoms with E-state index in [1.54, 1.807) is 20.8 Å². The quantitative estimate of drug-likeness (QED) is 0.103. The van der Waals surface area contributed by atoms with Crippen molar-refractivity contribution in [3.05, 3.63) is 119 Å². The molecule has 4 atom stereocenters. The number of nitrogens with one attached hydrogen (secondary N) is 1. The first-order chi connectivity index (χ1) is 30.9. The van der Waals surface area contributed by atoms with Crippen LogP contribution < -0.4 is 11.1 Å². The van der Waals surface area contributed by atoms with Gasteiger partial charge in [-0.15, -0.1) is 0 Å². The number of carbonyl (C=O) groups excluding carboxylic acids is 4. The summed E-state index contributed by atoms with van der Waals surface area (Å²) in [4.78, 5) is 50.5. The van der Waals surface area contributed by atoms with Crippen molar-refractivity contribution in [1.29, 1.82) is 0 Å². The summed E-state index contributed by atoms with van der Waals surface area (Å²) in [7, 11) is 0. The van der Waals surface area contributed by atoms with Gasteiger partial charge in [0, 0.05) is 42.6 Å². The molecule has 0 spiro atoms. The van der Waals surface area contributed by atoms with Crippen LogP contribution in [-0.4, -0.2) is 119 Å². The zero-order chi connectivity index (χ0) is 47.1. The number of alkyl carbamates (subject to hydrolysis) is 1. The van der Waals surface area contributed by atoms with Crippen LogP contribution in [0, 0.1) is 0 Å². The van der Waals surface area contributed by atoms with E-state index in [9.17, 15) is 24.3 Å². The van der Waals surface area contributed by atoms with E-state index in [0.717, 1.165) is 11.1 Å². The smallest absolute Gasteiger partial charge is 0.410 e. The Bertz CT molecular complexity index is 2220. The molecule has 4 aromatic rings. The molecular formula is C50H61ClN4O10. The third kappa shape index (κ3) is 12.4. The molecule has 0 saturated carbocycles. The Morgan fingerprint density at radius 3 is 1.37 bits per heavy atom. The van der Waals surface area contributed by atoms with Crippen molar-refractivity contribution in [3.8, 4) is 22.3 Å². The lowest BCUT2D eigenvalue weighted by atomic mass is 9.98. The SMILES string of the molecule is CC(C)(C)OC(=O)N1C[C@@H](N)C[C@H]1CO.CC(C)(C)OC(=O)N1C[C@@H](NC(=O)OCC2c3ccccc3-c3ccccc32)C[C@H]1CO.O=C(Cl)OCC1c2ccccc2-c2ccccc21. The molecule has 2 aliphatic carbocycles. The number of nitrogens with zero attached hydrogens (tertiary/aromatic N) is 2. The molecule has 0 radical (unpaired) electrons. The van der Waals surface area contributed by atoms with Gasteiger partial charge in [-0.05, 0) is 98.9 Å². The van der Waals surface area contributed by atoms with Crippen molar-refractivity contribution in [2.24, 2.45) is 5.73 Å². The van der Waals surface area contributed by atoms with Gasteiger partial charge in [0.15, 0.2) is 0 Å². The van der Waals surface area contributed by atoms with E-state index >= 15 is 0 Å². The molecule has 4 aliphatic rings. The molecule has 2 aliphatic heterocycles. The molecule has 5 N–H and O–H groups in total. The Morgan fingerprint density at radius 2 is 0.985 bits per heavy atom. The van der Waals surface area contributed by atoms with Crippen LogP contribution in [0.3, 0.4) is 0 Å². The minimum Gasteiger partial charge on any atom is -0.453 e. The third-order valence-corrected chi connectivity index (χ3v) is 11.6. The standard InChI is InChI=1S/C25H30N2O5.C15H11ClO2.C10H20N2O3/c1-25(2,3)32-24(30)27-13-16(12-17(27)14-28)26-23(29)31-15-22-20-10-6-4-8-18(20)19-9-5-7-11-21(19)22;16-15(17)18-9-14-12-7-3-1-5-10(12)11-6-2-4-8-13(11)14;1-10(2,3)15-9(14)12-5-7(11)4-8(12)6-13/h4-11,16-17,22,28H,12-15H2,1-3H3,(H,26,29);1-8,14H,9H2;7-8,13H,4-6,11H2,1-3H3/t16-,17-;;7-,8-/m0.0/s1. The lowest BCUT2D eigenvalue weighted by Gasteiger charge is -2.27. The number of halogens is 1. The largest absolute Gasteiger partial charge is 0.453 e. The maximum Gasteiger partial charge on any atom is 0.410 e. The fraction of sp³-hybridized carbons (Fsp3) is 0.440. The second kappa shape index (κ2) is 21.1. The maximum absolute atomic E-state index is 12.5. The van der Waals surface area contributed by atoms with Crippen molar-refractivity contribution in [2.75, 3.05) is 39.5 Å². The highest BCUT2D eigenvalue weighted by atomic mass is 35.5. The molecular weight excluding hydrogens is 852 g/mol. The van der Waals surface area contributed by atoms with E-state index < -0.39 is 41.0 Å². The van der Waals surface area contributed by atoms with Gasteiger partial charge in [0.05, 0.1) is 31.3 Å². The van der Waals surface area contributed by atoms with Crippen LogP contribution in [0.15, 0.2) is 97.1 Å². The summed E-state index contributed by atoms with van der Waals surface area (Å²) in [5.41, 5.74) is 13.3. The Morgan fingerprint density at radius 1 is 0.615 bits per heavy atom. The second-order valence-corrected chi connectivity index (χ2v) is 18.9. The number of aliphatic hydroxyl groups is 2. The van der Waals surface area contributed by atoms with Crippen LogP contribution in [0.25, 0.3) is 22.3 Å². The summed E-state index contributed by atoms with van der Waals surface area (Å²) in [6, 6.07) is 31.7. The van der Waals surface area contributed by atoms with E-state index in [4.69, 9.17) is 41.4 Å². The van der Waals surface area contributed by atoms with E-state index in [1.165, 1.54) is 43.2 Å². The van der Waals surface area contributed by atoms with Gasteiger partial charge in [-0.3, -0.25) is 0 Å². The van der Waals surface area contributed by atoms with E-state index in [2.05, 4.69) is 53.8 Å². The molecule has 0 bridgehead atoms. The second-order valence-electron chi connectivity index (χ2n) is 18.6. The van der Waals surface area contributed by atoms with E-state index in [1.807, 2.05) is 69.3 Å². The lowest BCUT2D eigenvalue weighted by molar-refractivity contribution is 0.0165. The predicted molar refractivity (Wildman–Crippen MR) is 248 cm³/mol. The highest BCUT2D eigenvalue weighted by molar-refractivity contribution is 6.61. The van der Waals surface area contributed by atoms with Crippen molar-refractivity contribution in [2.45, 2.75) is 102 Å². The average molecular weight is 914 g/mol. The number of carbonyl (C=O) groups is 4. The maximum atomic E-state index is 12.5. The first kappa shape index (κ1) is 48.8. The van der Waals surface area contributed by atoms with Gasteiger partial charge in [0.25, 0.3) is 0 Å². The van der Waals surface area contributed by atoms with Crippen molar-refractivity contribution >= 4 is 35.3 Å². The normalized spacial score (nSPS) is 19.6. The van der Waals surface area contributed by atoms with Gasteiger partial charge in [-0.2, -0.15) is 0 Å². The molecule has 2 saturated heterocycles. The molecule has 15 heteroatoms. The first-order valence-electron chi connectivity index (χ1n) is 22.0. The lowest BCUT2D eigenvalue weighted by Crippen LogP contribution is -2.43. The van der Waals surface area contributed by atoms with Gasteiger partial charge in [0.1, 0.15) is 24.4 Å². The molecule has 2 heterocycles. The van der Waals surface area contributed by atoms with Gasteiger partial charge in [0.2, 0.25) is 0 Å². The monoisotopic (exact) mass is 912 g/mol. The highest BCUT2D eigenvalue weighted by Crippen LogP contribution is 2.45. The number of fused-ring (bicyclic) bond motifs is 6. The minimum absolute atomic E-state index is 0.0137. The molecule has 4 aromatic carbocycles. The first-order valence-corrected chi connectivity index (χ1v) is 22.3. The Hall–Kier alpha value is -5.67. The fourth-order valence-electron chi connectivity index (χ4n) is 8.80. The summed E-state index contributed by atoms with van der Waals surface area (Å²) >= 11 is 5.25. The molecule has 0 unspecified atom stereocenters. The van der Waals surface area contributed by atoms with Gasteiger partial charge < -0.3 is 50.0 Å². The molecule has 8 rings (SSSR count). The zero-order valence-electron chi connectivity index (χ0n) is 37.9. The number of hydrogen-bond donors (Lipinski definition) is 4. The number of aliphatic hydroxyl groups excluding tert-OH is 2. The van der Waals surface area contributed by atoms with Crippen molar-refractivity contribution in [3.63, 3.8) is 0 Å². The van der Waals surface area contributed by atoms with Crippen LogP contribution >= 0.6 is 11.6 Å². The molecule has 0 aromatic heterocycles. The predicted octanol–water partition coefficient (Wildman–Crippen LogP) is 8.39. The number of ether oxygens (including phenoxy) is 4. The summed E-state index contributed by atoms with van der Waals surface area (Å²) in [6.07, 6.45) is -0.335. The van der Waals surface area contributed by atoms with Crippen molar-refractivity contribution in [1.82, 2.24) is 15.1 Å². The Balaban J connectivity index is 0.000000179. The van der Waals surface area contributed by atoms with Crippen LogP contribution in [0.2, 0.25) is 0 Å². The number of nitrogens with two attached hydrogens (primary N) is 1. The van der Waals surface area contributed by atoms with Crippen LogP contribution in [0.4, 0.5) is 19.2 Å². The van der Waals surface area contributed by atoms with Crippen LogP contribution in [0.1, 0.15) is 88.5 Å². The zero-order valence-corrected chi connectivity index (χ0v) is 38.6. The van der Waals surface area contributed by atoms with Gasteiger partial charge in [-0.25, -0.2) is 19.2 Å². The Labute approximate surface area is 385 Å². The molecule has 2 fully saturated rings. The van der Waals surface area contributed by atoms with Gasteiger partial charge >= 0.3 is 23.7 Å². The highest BCUT2D eigenvalue weighted by Gasteiger charge is 2.39. The Kier molecular flexibility index (Phi) is 15.8. The number of amides is 3. The summed E-state index contributed by atoms with van der Waals surface area (Å²) < 4.78 is 21.2. The number of rotatable bonds is 7. The molecule has 65 heavy (non-hydrogen) atoms. The minimum atomic E-state index is -0.753. The fourth-order valence-corrected chi connectivity index (χ4v) is 8.87. The summed E-state index contributed by atoms with van der Waals surface area (Å²) in [6.45, 7) is 11.8. The average Bonchev–Trinajstić information content (AvgIpc) is 4.02.